The molecule has 0 spiro atoms. The van der Waals surface area contributed by atoms with Crippen LogP contribution in [-0.2, 0) is 5.41 Å². The van der Waals surface area contributed by atoms with E-state index in [2.05, 4.69) is 289 Å². The van der Waals surface area contributed by atoms with Gasteiger partial charge in [0.05, 0.1) is 16.4 Å². The van der Waals surface area contributed by atoms with Crippen molar-refractivity contribution in [3.8, 4) is 50.2 Å². The summed E-state index contributed by atoms with van der Waals surface area (Å²) in [6.07, 6.45) is 0. The Morgan fingerprint density at radius 1 is 0.275 bits per heavy atom. The molecule has 0 bridgehead atoms. The van der Waals surface area contributed by atoms with Gasteiger partial charge in [-0.15, -0.1) is 0 Å². The van der Waals surface area contributed by atoms with E-state index in [1.54, 1.807) is 0 Å². The van der Waals surface area contributed by atoms with Gasteiger partial charge in [0.25, 0.3) is 0 Å². The first-order valence-corrected chi connectivity index (χ1v) is 23.8. The normalized spacial score (nSPS) is 12.5. The van der Waals surface area contributed by atoms with Crippen LogP contribution in [0, 0.1) is 0 Å². The highest BCUT2D eigenvalue weighted by Gasteiger charge is 2.46. The van der Waals surface area contributed by atoms with Crippen molar-refractivity contribution in [2.45, 2.75) is 5.41 Å². The Morgan fingerprint density at radius 3 is 1.49 bits per heavy atom. The Hall–Kier alpha value is -8.98. The molecule has 0 aliphatic heterocycles. The summed E-state index contributed by atoms with van der Waals surface area (Å²) < 4.78 is 2.47. The molecule has 11 aromatic carbocycles. The van der Waals surface area contributed by atoms with Crippen molar-refractivity contribution in [2.75, 3.05) is 4.90 Å². The summed E-state index contributed by atoms with van der Waals surface area (Å²) in [5, 5.41) is 2.48. The average molecular weight is 879 g/mol. The molecule has 0 unspecified atom stereocenters. The van der Waals surface area contributed by atoms with Gasteiger partial charge in [-0.05, 0) is 133 Å². The van der Waals surface area contributed by atoms with E-state index in [0.29, 0.717) is 0 Å². The highest BCUT2D eigenvalue weighted by Crippen LogP contribution is 2.56. The third-order valence-corrected chi connectivity index (χ3v) is 14.3. The van der Waals surface area contributed by atoms with Crippen LogP contribution in [-0.4, -0.2) is 4.57 Å². The highest BCUT2D eigenvalue weighted by molar-refractivity contribution is 6.10. The van der Waals surface area contributed by atoms with Crippen molar-refractivity contribution in [3.05, 3.63) is 301 Å². The zero-order chi connectivity index (χ0) is 45.7. The summed E-state index contributed by atoms with van der Waals surface area (Å²) >= 11 is 0. The van der Waals surface area contributed by atoms with Gasteiger partial charge >= 0.3 is 0 Å². The number of hydrogen-bond donors (Lipinski definition) is 0. The second-order valence-corrected chi connectivity index (χ2v) is 18.1. The molecular weight excluding hydrogens is 833 g/mol. The number of para-hydroxylation sites is 2. The number of rotatable bonds is 9. The van der Waals surface area contributed by atoms with Crippen LogP contribution in [0.3, 0.4) is 0 Å². The van der Waals surface area contributed by atoms with Crippen LogP contribution in [0.15, 0.2) is 279 Å². The molecule has 69 heavy (non-hydrogen) atoms. The standard InChI is InChI=1S/C67H46N2/c1-5-19-47(20-6-1)48-35-38-56(39-36-48)68(55-28-11-4-12-29-55)57-30-18-23-51(44-57)49-21-17-22-50(43-49)52-37-41-61-60-32-14-16-34-65(60)69(66(61)45-52)58-40-42-64-62(46-58)59-31-13-15-33-63(59)67(64,53-24-7-2-8-25-53)54-26-9-3-10-27-54/h1-46H. The monoisotopic (exact) mass is 878 g/mol. The van der Waals surface area contributed by atoms with Crippen LogP contribution < -0.4 is 4.90 Å². The van der Waals surface area contributed by atoms with Crippen molar-refractivity contribution in [2.24, 2.45) is 0 Å². The minimum Gasteiger partial charge on any atom is -0.310 e. The van der Waals surface area contributed by atoms with Gasteiger partial charge in [0.1, 0.15) is 0 Å². The summed E-state index contributed by atoms with van der Waals surface area (Å²) in [4.78, 5) is 2.34. The minimum atomic E-state index is -0.445. The molecule has 0 amide bonds. The molecule has 1 aliphatic rings. The van der Waals surface area contributed by atoms with E-state index in [-0.39, 0.29) is 0 Å². The highest BCUT2D eigenvalue weighted by atomic mass is 15.1. The van der Waals surface area contributed by atoms with Crippen LogP contribution in [0.4, 0.5) is 17.1 Å². The lowest BCUT2D eigenvalue weighted by Crippen LogP contribution is -2.28. The fourth-order valence-electron chi connectivity index (χ4n) is 11.2. The Labute approximate surface area is 403 Å². The molecule has 0 fully saturated rings. The second-order valence-electron chi connectivity index (χ2n) is 18.1. The molecule has 12 aromatic rings. The van der Waals surface area contributed by atoms with Gasteiger partial charge in [-0.3, -0.25) is 0 Å². The first-order valence-electron chi connectivity index (χ1n) is 23.8. The number of aromatic nitrogens is 1. The molecule has 0 atom stereocenters. The van der Waals surface area contributed by atoms with Crippen molar-refractivity contribution in [1.82, 2.24) is 4.57 Å². The lowest BCUT2D eigenvalue weighted by Gasteiger charge is -2.33. The maximum atomic E-state index is 2.47. The van der Waals surface area contributed by atoms with Crippen LogP contribution in [0.25, 0.3) is 72.0 Å². The fraction of sp³-hybridized carbons (Fsp3) is 0.0149. The third kappa shape index (κ3) is 6.72. The lowest BCUT2D eigenvalue weighted by molar-refractivity contribution is 0.768. The molecule has 1 aliphatic carbocycles. The Bertz CT molecular complexity index is 3780. The summed E-state index contributed by atoms with van der Waals surface area (Å²) in [5.41, 5.74) is 21.2. The molecule has 0 radical (unpaired) electrons. The Kier molecular flexibility index (Phi) is 9.77. The van der Waals surface area contributed by atoms with Crippen molar-refractivity contribution in [1.29, 1.82) is 0 Å². The molecular formula is C67H46N2. The van der Waals surface area contributed by atoms with E-state index < -0.39 is 5.41 Å². The van der Waals surface area contributed by atoms with Gasteiger partial charge in [-0.2, -0.15) is 0 Å². The van der Waals surface area contributed by atoms with E-state index in [1.807, 2.05) is 0 Å². The quantitative estimate of drug-likeness (QED) is 0.140. The zero-order valence-corrected chi connectivity index (χ0v) is 38.0. The summed E-state index contributed by atoms with van der Waals surface area (Å²) in [5.74, 6) is 0. The predicted molar refractivity (Wildman–Crippen MR) is 289 cm³/mol. The largest absolute Gasteiger partial charge is 0.310 e. The molecule has 1 aromatic heterocycles. The maximum Gasteiger partial charge on any atom is 0.0713 e. The smallest absolute Gasteiger partial charge is 0.0713 e. The molecule has 0 N–H and O–H groups in total. The number of hydrogen-bond acceptors (Lipinski definition) is 1. The van der Waals surface area contributed by atoms with Crippen molar-refractivity contribution < 1.29 is 0 Å². The molecule has 0 saturated heterocycles. The fourth-order valence-corrected chi connectivity index (χ4v) is 11.2. The number of fused-ring (bicyclic) bond motifs is 6. The topological polar surface area (TPSA) is 8.17 Å². The first-order chi connectivity index (χ1) is 34.2. The number of nitrogens with zero attached hydrogens (tertiary/aromatic N) is 2. The molecule has 324 valence electrons. The SMILES string of the molecule is c1ccc(-c2ccc(N(c3ccccc3)c3cccc(-c4cccc(-c5ccc6c7ccccc7n(-c7ccc8c(c7)-c7ccccc7C8(c7ccccc7)c7ccccc7)c6c5)c4)c3)cc2)cc1. The summed E-state index contributed by atoms with van der Waals surface area (Å²) in [7, 11) is 0. The van der Waals surface area contributed by atoms with E-state index in [0.717, 1.165) is 28.3 Å². The van der Waals surface area contributed by atoms with E-state index in [4.69, 9.17) is 0 Å². The van der Waals surface area contributed by atoms with Gasteiger partial charge in [-0.1, -0.05) is 212 Å². The second kappa shape index (κ2) is 16.7. The van der Waals surface area contributed by atoms with Gasteiger partial charge in [0, 0.05) is 33.5 Å². The Morgan fingerprint density at radius 2 is 0.768 bits per heavy atom. The molecule has 2 nitrogen and oxygen atoms in total. The third-order valence-electron chi connectivity index (χ3n) is 14.3. The Balaban J connectivity index is 0.910. The molecule has 0 saturated carbocycles. The van der Waals surface area contributed by atoms with Crippen LogP contribution in [0.2, 0.25) is 0 Å². The van der Waals surface area contributed by atoms with Gasteiger partial charge in [0.15, 0.2) is 0 Å². The van der Waals surface area contributed by atoms with Crippen molar-refractivity contribution in [3.63, 3.8) is 0 Å². The van der Waals surface area contributed by atoms with E-state index in [9.17, 15) is 0 Å². The molecule has 1 heterocycles. The zero-order valence-electron chi connectivity index (χ0n) is 38.0. The van der Waals surface area contributed by atoms with Gasteiger partial charge in [-0.25, -0.2) is 0 Å². The van der Waals surface area contributed by atoms with Crippen LogP contribution in [0.5, 0.6) is 0 Å². The number of anilines is 3. The van der Waals surface area contributed by atoms with E-state index in [1.165, 1.54) is 83.0 Å². The van der Waals surface area contributed by atoms with Gasteiger partial charge < -0.3 is 9.47 Å². The lowest BCUT2D eigenvalue weighted by atomic mass is 9.68. The van der Waals surface area contributed by atoms with E-state index >= 15 is 0 Å². The maximum absolute atomic E-state index is 2.47. The summed E-state index contributed by atoms with van der Waals surface area (Å²) in [6.45, 7) is 0. The van der Waals surface area contributed by atoms with Gasteiger partial charge in [0.2, 0.25) is 0 Å². The predicted octanol–water partition coefficient (Wildman–Crippen LogP) is 17.6. The van der Waals surface area contributed by atoms with Crippen molar-refractivity contribution >= 4 is 38.9 Å². The number of benzene rings is 11. The van der Waals surface area contributed by atoms with Crippen LogP contribution >= 0.6 is 0 Å². The average Bonchev–Trinajstić information content (AvgIpc) is 3.92. The molecule has 13 rings (SSSR count). The minimum absolute atomic E-state index is 0.445. The first kappa shape index (κ1) is 40.3. The summed E-state index contributed by atoms with van der Waals surface area (Å²) in [6, 6.07) is 102. The molecule has 2 heteroatoms. The van der Waals surface area contributed by atoms with Crippen LogP contribution in [0.1, 0.15) is 22.3 Å².